The van der Waals surface area contributed by atoms with E-state index in [4.69, 9.17) is 14.2 Å². The first-order valence-corrected chi connectivity index (χ1v) is 13.5. The van der Waals surface area contributed by atoms with Crippen LogP contribution in [0.5, 0.6) is 17.2 Å². The molecule has 0 aliphatic carbocycles. The molecule has 192 valence electrons. The fraction of sp³-hybridized carbons (Fsp3) is 0.241. The maximum absolute atomic E-state index is 12.9. The van der Waals surface area contributed by atoms with Gasteiger partial charge in [-0.3, -0.25) is 14.5 Å². The molecule has 2 amide bonds. The quantitative estimate of drug-likeness (QED) is 0.237. The number of aryl methyl sites for hydroxylation is 2. The molecule has 3 aromatic rings. The number of halogens is 1. The summed E-state index contributed by atoms with van der Waals surface area (Å²) < 4.78 is 18.6. The molecule has 1 fully saturated rings. The molecule has 6 nitrogen and oxygen atoms in total. The molecule has 1 saturated heterocycles. The van der Waals surface area contributed by atoms with Crippen LogP contribution in [0, 0.1) is 13.8 Å². The number of nitrogens with zero attached hydrogens (tertiary/aromatic N) is 1. The van der Waals surface area contributed by atoms with Crippen molar-refractivity contribution in [3.8, 4) is 17.2 Å². The van der Waals surface area contributed by atoms with Gasteiger partial charge in [0.05, 0.1) is 18.1 Å². The van der Waals surface area contributed by atoms with Gasteiger partial charge in [0.15, 0.2) is 11.5 Å². The van der Waals surface area contributed by atoms with Gasteiger partial charge in [0.25, 0.3) is 11.1 Å². The largest absolute Gasteiger partial charge is 0.491 e. The van der Waals surface area contributed by atoms with Crippen molar-refractivity contribution >= 4 is 44.9 Å². The lowest BCUT2D eigenvalue weighted by molar-refractivity contribution is -0.123. The van der Waals surface area contributed by atoms with Crippen LogP contribution in [0.25, 0.3) is 6.08 Å². The Morgan fingerprint density at radius 3 is 2.43 bits per heavy atom. The van der Waals surface area contributed by atoms with Gasteiger partial charge in [-0.15, -0.1) is 0 Å². The summed E-state index contributed by atoms with van der Waals surface area (Å²) in [7, 11) is 0. The van der Waals surface area contributed by atoms with Crippen LogP contribution in [0.2, 0.25) is 0 Å². The first-order chi connectivity index (χ1) is 17.8. The van der Waals surface area contributed by atoms with Crippen molar-refractivity contribution in [2.75, 3.05) is 19.8 Å². The molecule has 1 aliphatic rings. The Hall–Kier alpha value is -3.23. The van der Waals surface area contributed by atoms with Crippen molar-refractivity contribution in [3.63, 3.8) is 0 Å². The average Bonchev–Trinajstić information content (AvgIpc) is 3.14. The molecule has 0 N–H and O–H groups in total. The molecule has 0 saturated carbocycles. The van der Waals surface area contributed by atoms with E-state index in [-0.39, 0.29) is 24.3 Å². The van der Waals surface area contributed by atoms with Gasteiger partial charge >= 0.3 is 0 Å². The Bertz CT molecular complexity index is 1320. The average molecular weight is 583 g/mol. The second kappa shape index (κ2) is 12.3. The van der Waals surface area contributed by atoms with Crippen molar-refractivity contribution in [1.82, 2.24) is 4.90 Å². The summed E-state index contributed by atoms with van der Waals surface area (Å²) in [5, 5.41) is -0.305. The predicted octanol–water partition coefficient (Wildman–Crippen LogP) is 7.16. The van der Waals surface area contributed by atoms with Crippen LogP contribution >= 0.6 is 27.7 Å². The Morgan fingerprint density at radius 1 is 0.892 bits per heavy atom. The lowest BCUT2D eigenvalue weighted by Gasteiger charge is -2.15. The van der Waals surface area contributed by atoms with Crippen molar-refractivity contribution < 1.29 is 23.8 Å². The number of thioether (sulfide) groups is 1. The van der Waals surface area contributed by atoms with E-state index in [1.54, 1.807) is 6.08 Å². The van der Waals surface area contributed by atoms with E-state index in [1.807, 2.05) is 81.4 Å². The van der Waals surface area contributed by atoms with Crippen LogP contribution in [-0.4, -0.2) is 35.8 Å². The summed E-state index contributed by atoms with van der Waals surface area (Å²) in [5.74, 6) is 1.62. The number of hydrogen-bond acceptors (Lipinski definition) is 6. The van der Waals surface area contributed by atoms with Crippen LogP contribution in [0.15, 0.2) is 70.0 Å². The zero-order chi connectivity index (χ0) is 26.4. The molecule has 0 aromatic heterocycles. The summed E-state index contributed by atoms with van der Waals surface area (Å²) in [6, 6.07) is 19.3. The van der Waals surface area contributed by atoms with Crippen molar-refractivity contribution in [2.45, 2.75) is 27.4 Å². The molecular formula is C29H28BrNO5S. The number of amides is 2. The lowest BCUT2D eigenvalue weighted by atomic mass is 10.1. The second-order valence-corrected chi connectivity index (χ2v) is 10.4. The fourth-order valence-corrected chi connectivity index (χ4v) is 4.83. The Balaban J connectivity index is 1.42. The molecule has 0 bridgehead atoms. The van der Waals surface area contributed by atoms with Crippen LogP contribution in [0.3, 0.4) is 0 Å². The highest BCUT2D eigenvalue weighted by molar-refractivity contribution is 9.10. The van der Waals surface area contributed by atoms with E-state index >= 15 is 0 Å². The molecule has 37 heavy (non-hydrogen) atoms. The number of benzene rings is 3. The summed E-state index contributed by atoms with van der Waals surface area (Å²) in [4.78, 5) is 27.1. The minimum atomic E-state index is -0.326. The lowest BCUT2D eigenvalue weighted by Crippen LogP contribution is -2.32. The van der Waals surface area contributed by atoms with E-state index in [9.17, 15) is 9.59 Å². The Kier molecular flexibility index (Phi) is 8.95. The molecule has 4 rings (SSSR count). The summed E-state index contributed by atoms with van der Waals surface area (Å²) >= 11 is 4.36. The number of imide groups is 1. The van der Waals surface area contributed by atoms with Crippen molar-refractivity contribution in [2.24, 2.45) is 0 Å². The number of carbonyl (C=O) groups excluding carboxylic acids is 2. The van der Waals surface area contributed by atoms with E-state index in [0.29, 0.717) is 29.6 Å². The number of carbonyl (C=O) groups is 2. The van der Waals surface area contributed by atoms with E-state index in [0.717, 1.165) is 44.2 Å². The van der Waals surface area contributed by atoms with Gasteiger partial charge in [0.2, 0.25) is 0 Å². The van der Waals surface area contributed by atoms with Gasteiger partial charge in [-0.25, -0.2) is 0 Å². The molecule has 0 unspecified atom stereocenters. The van der Waals surface area contributed by atoms with Gasteiger partial charge in [0.1, 0.15) is 19.0 Å². The second-order valence-electron chi connectivity index (χ2n) is 8.51. The molecule has 3 aromatic carbocycles. The third-order valence-electron chi connectivity index (χ3n) is 5.66. The Morgan fingerprint density at radius 2 is 1.68 bits per heavy atom. The molecule has 1 aliphatic heterocycles. The molecular weight excluding hydrogens is 554 g/mol. The van der Waals surface area contributed by atoms with Crippen molar-refractivity contribution in [3.05, 3.63) is 92.3 Å². The smallest absolute Gasteiger partial charge is 0.293 e. The maximum Gasteiger partial charge on any atom is 0.293 e. The van der Waals surface area contributed by atoms with Gasteiger partial charge < -0.3 is 14.2 Å². The summed E-state index contributed by atoms with van der Waals surface area (Å²) in [6.45, 7) is 7.13. The van der Waals surface area contributed by atoms with Gasteiger partial charge in [-0.2, -0.15) is 0 Å². The standard InChI is InChI=1S/C29H28BrNO5S/c1-4-34-26-16-22(9-12-24(26)36-18-21-7-10-23(30)11-8-21)17-27-28(32)31(29(33)37-27)13-14-35-25-15-19(2)5-6-20(25)3/h5-12,15-17H,4,13-14,18H2,1-3H3/b27-17-. The van der Waals surface area contributed by atoms with E-state index in [1.165, 1.54) is 4.90 Å². The van der Waals surface area contributed by atoms with Crippen LogP contribution in [0.1, 0.15) is 29.2 Å². The van der Waals surface area contributed by atoms with Crippen LogP contribution < -0.4 is 14.2 Å². The van der Waals surface area contributed by atoms with Crippen LogP contribution in [-0.2, 0) is 11.4 Å². The van der Waals surface area contributed by atoms with Gasteiger partial charge in [0, 0.05) is 4.47 Å². The number of ether oxygens (including phenoxy) is 3. The van der Waals surface area contributed by atoms with Gasteiger partial charge in [-0.05, 0) is 91.2 Å². The SMILES string of the molecule is CCOc1cc(/C=C2\SC(=O)N(CCOc3cc(C)ccc3C)C2=O)ccc1OCc1ccc(Br)cc1. The van der Waals surface area contributed by atoms with E-state index in [2.05, 4.69) is 15.9 Å². The first kappa shape index (κ1) is 26.8. The monoisotopic (exact) mass is 581 g/mol. The highest BCUT2D eigenvalue weighted by Gasteiger charge is 2.34. The topological polar surface area (TPSA) is 65.1 Å². The highest BCUT2D eigenvalue weighted by atomic mass is 79.9. The minimum Gasteiger partial charge on any atom is -0.491 e. The van der Waals surface area contributed by atoms with Gasteiger partial charge in [-0.1, -0.05) is 46.3 Å². The molecule has 0 atom stereocenters. The minimum absolute atomic E-state index is 0.183. The number of rotatable bonds is 10. The Labute approximate surface area is 229 Å². The number of hydrogen-bond donors (Lipinski definition) is 0. The molecule has 0 spiro atoms. The maximum atomic E-state index is 12.9. The van der Waals surface area contributed by atoms with Crippen molar-refractivity contribution in [1.29, 1.82) is 0 Å². The molecule has 8 heteroatoms. The summed E-state index contributed by atoms with van der Waals surface area (Å²) in [6.07, 6.45) is 1.71. The predicted molar refractivity (Wildman–Crippen MR) is 150 cm³/mol. The van der Waals surface area contributed by atoms with E-state index < -0.39 is 0 Å². The zero-order valence-corrected chi connectivity index (χ0v) is 23.4. The summed E-state index contributed by atoms with van der Waals surface area (Å²) in [5.41, 5.74) is 3.88. The molecule has 1 heterocycles. The fourth-order valence-electron chi connectivity index (χ4n) is 3.70. The highest BCUT2D eigenvalue weighted by Crippen LogP contribution is 2.35. The third-order valence-corrected chi connectivity index (χ3v) is 7.10. The zero-order valence-electron chi connectivity index (χ0n) is 21.0. The normalized spacial score (nSPS) is 14.4. The molecule has 0 radical (unpaired) electrons. The first-order valence-electron chi connectivity index (χ1n) is 11.9. The van der Waals surface area contributed by atoms with Crippen LogP contribution in [0.4, 0.5) is 4.79 Å². The third kappa shape index (κ3) is 6.96.